The van der Waals surface area contributed by atoms with E-state index in [4.69, 9.17) is 14.7 Å². The van der Waals surface area contributed by atoms with E-state index in [1.54, 1.807) is 31.4 Å². The van der Waals surface area contributed by atoms with Crippen LogP contribution in [0.5, 0.6) is 11.5 Å². The number of hydrogen-bond acceptors (Lipinski definition) is 5. The Morgan fingerprint density at radius 1 is 1.04 bits per heavy atom. The molecule has 0 aliphatic rings. The van der Waals surface area contributed by atoms with E-state index >= 15 is 0 Å². The van der Waals surface area contributed by atoms with E-state index in [-0.39, 0.29) is 18.9 Å². The summed E-state index contributed by atoms with van der Waals surface area (Å²) in [5.41, 5.74) is 5.94. The quantitative estimate of drug-likeness (QED) is 0.738. The average molecular weight is 353 g/mol. The van der Waals surface area contributed by atoms with Crippen molar-refractivity contribution in [3.8, 4) is 17.6 Å². The number of amides is 2. The number of hydrogen-bond donors (Lipinski definition) is 2. The van der Waals surface area contributed by atoms with Gasteiger partial charge in [-0.05, 0) is 36.2 Å². The summed E-state index contributed by atoms with van der Waals surface area (Å²) in [5.74, 6) is 0.238. The van der Waals surface area contributed by atoms with Crippen molar-refractivity contribution in [2.45, 2.75) is 12.8 Å². The molecule has 0 unspecified atom stereocenters. The Bertz CT molecular complexity index is 797. The molecule has 0 saturated heterocycles. The fourth-order valence-corrected chi connectivity index (χ4v) is 2.12. The summed E-state index contributed by atoms with van der Waals surface area (Å²) in [7, 11) is 1.59. The predicted octanol–water partition coefficient (Wildman–Crippen LogP) is 1.73. The largest absolute Gasteiger partial charge is 0.497 e. The third kappa shape index (κ3) is 5.83. The van der Waals surface area contributed by atoms with Crippen LogP contribution in [0.15, 0.2) is 48.5 Å². The number of ether oxygens (including phenoxy) is 2. The van der Waals surface area contributed by atoms with E-state index in [1.807, 2.05) is 30.3 Å². The molecule has 2 N–H and O–H groups in total. The first kappa shape index (κ1) is 18.8. The van der Waals surface area contributed by atoms with Crippen molar-refractivity contribution < 1.29 is 19.1 Å². The van der Waals surface area contributed by atoms with Crippen LogP contribution in [0, 0.1) is 11.3 Å². The maximum atomic E-state index is 11.8. The Hall–Kier alpha value is -3.53. The second-order valence-corrected chi connectivity index (χ2v) is 5.34. The Kier molecular flexibility index (Phi) is 7.01. The second kappa shape index (κ2) is 9.69. The van der Waals surface area contributed by atoms with Crippen molar-refractivity contribution in [3.63, 3.8) is 0 Å². The van der Waals surface area contributed by atoms with Gasteiger partial charge in [0.2, 0.25) is 5.91 Å². The van der Waals surface area contributed by atoms with E-state index in [1.165, 1.54) is 0 Å². The highest BCUT2D eigenvalue weighted by Crippen LogP contribution is 2.16. The highest BCUT2D eigenvalue weighted by atomic mass is 16.5. The molecule has 0 radical (unpaired) electrons. The standard InChI is InChI=1S/C19H19N3O4/c1-25-16-9-6-14(7-10-16)8-11-18(23)21-22-19(24)13-26-17-5-3-2-4-15(17)12-20/h2-7,9-10H,8,11,13H2,1H3,(H,21,23)(H,22,24). The van der Waals surface area contributed by atoms with Gasteiger partial charge in [-0.25, -0.2) is 0 Å². The minimum atomic E-state index is -0.518. The molecule has 0 aliphatic heterocycles. The lowest BCUT2D eigenvalue weighted by molar-refractivity contribution is -0.130. The van der Waals surface area contributed by atoms with Gasteiger partial charge in [0.05, 0.1) is 12.7 Å². The zero-order valence-corrected chi connectivity index (χ0v) is 14.3. The van der Waals surface area contributed by atoms with Gasteiger partial charge in [0.1, 0.15) is 17.6 Å². The lowest BCUT2D eigenvalue weighted by Gasteiger charge is -2.09. The molecule has 2 aromatic carbocycles. The number of hydrazine groups is 1. The van der Waals surface area contributed by atoms with E-state index in [0.29, 0.717) is 17.7 Å². The van der Waals surface area contributed by atoms with Crippen LogP contribution in [0.2, 0.25) is 0 Å². The second-order valence-electron chi connectivity index (χ2n) is 5.34. The molecule has 2 rings (SSSR count). The average Bonchev–Trinajstić information content (AvgIpc) is 2.69. The van der Waals surface area contributed by atoms with Crippen LogP contribution >= 0.6 is 0 Å². The molecule has 0 spiro atoms. The summed E-state index contributed by atoms with van der Waals surface area (Å²) >= 11 is 0. The van der Waals surface area contributed by atoms with Gasteiger partial charge < -0.3 is 9.47 Å². The van der Waals surface area contributed by atoms with Crippen molar-refractivity contribution in [2.75, 3.05) is 13.7 Å². The highest BCUT2D eigenvalue weighted by molar-refractivity contribution is 5.82. The Morgan fingerprint density at radius 3 is 2.42 bits per heavy atom. The zero-order valence-electron chi connectivity index (χ0n) is 14.3. The summed E-state index contributed by atoms with van der Waals surface area (Å²) in [6.45, 7) is -0.308. The first-order chi connectivity index (χ1) is 12.6. The number of nitrogens with zero attached hydrogens (tertiary/aromatic N) is 1. The normalized spacial score (nSPS) is 9.69. The molecule has 0 heterocycles. The Balaban J connectivity index is 1.69. The third-order valence-electron chi connectivity index (χ3n) is 3.51. The summed E-state index contributed by atoms with van der Waals surface area (Å²) in [6.07, 6.45) is 0.766. The third-order valence-corrected chi connectivity index (χ3v) is 3.51. The maximum Gasteiger partial charge on any atom is 0.276 e. The van der Waals surface area contributed by atoms with E-state index in [2.05, 4.69) is 10.9 Å². The number of methoxy groups -OCH3 is 1. The molecule has 134 valence electrons. The van der Waals surface area contributed by atoms with Crippen LogP contribution in [0.1, 0.15) is 17.5 Å². The molecular weight excluding hydrogens is 334 g/mol. The van der Waals surface area contributed by atoms with E-state index in [0.717, 1.165) is 11.3 Å². The molecule has 2 amide bonds. The smallest absolute Gasteiger partial charge is 0.276 e. The lowest BCUT2D eigenvalue weighted by atomic mass is 10.1. The molecule has 2 aromatic rings. The zero-order chi connectivity index (χ0) is 18.8. The van der Waals surface area contributed by atoms with Crippen LogP contribution < -0.4 is 20.3 Å². The predicted molar refractivity (Wildman–Crippen MR) is 94.3 cm³/mol. The van der Waals surface area contributed by atoms with Crippen LogP contribution in [0.25, 0.3) is 0 Å². The number of carbonyl (C=O) groups excluding carboxylic acids is 2. The lowest BCUT2D eigenvalue weighted by Crippen LogP contribution is -2.43. The number of rotatable bonds is 7. The van der Waals surface area contributed by atoms with Gasteiger partial charge in [-0.1, -0.05) is 24.3 Å². The molecule has 26 heavy (non-hydrogen) atoms. The van der Waals surface area contributed by atoms with Crippen LogP contribution in [0.4, 0.5) is 0 Å². The number of para-hydroxylation sites is 1. The van der Waals surface area contributed by atoms with Gasteiger partial charge in [0.15, 0.2) is 6.61 Å². The van der Waals surface area contributed by atoms with Crippen molar-refractivity contribution in [3.05, 3.63) is 59.7 Å². The number of nitrogens with one attached hydrogen (secondary N) is 2. The minimum absolute atomic E-state index is 0.227. The first-order valence-corrected chi connectivity index (χ1v) is 7.95. The van der Waals surface area contributed by atoms with Gasteiger partial charge in [-0.2, -0.15) is 5.26 Å². The van der Waals surface area contributed by atoms with E-state index in [9.17, 15) is 9.59 Å². The minimum Gasteiger partial charge on any atom is -0.497 e. The molecule has 0 aromatic heterocycles. The highest BCUT2D eigenvalue weighted by Gasteiger charge is 2.08. The molecule has 0 bridgehead atoms. The monoisotopic (exact) mass is 353 g/mol. The maximum absolute atomic E-state index is 11.8. The molecule has 0 atom stereocenters. The van der Waals surface area contributed by atoms with Gasteiger partial charge >= 0.3 is 0 Å². The van der Waals surface area contributed by atoms with Gasteiger partial charge in [-0.15, -0.1) is 0 Å². The van der Waals surface area contributed by atoms with Gasteiger partial charge in [-0.3, -0.25) is 20.4 Å². The fourth-order valence-electron chi connectivity index (χ4n) is 2.12. The van der Waals surface area contributed by atoms with Crippen molar-refractivity contribution in [2.24, 2.45) is 0 Å². The number of carbonyl (C=O) groups is 2. The van der Waals surface area contributed by atoms with Crippen LogP contribution in [-0.2, 0) is 16.0 Å². The summed E-state index contributed by atoms with van der Waals surface area (Å²) in [5, 5.41) is 8.95. The number of benzene rings is 2. The topological polar surface area (TPSA) is 100 Å². The van der Waals surface area contributed by atoms with E-state index < -0.39 is 5.91 Å². The number of aryl methyl sites for hydroxylation is 1. The summed E-state index contributed by atoms with van der Waals surface area (Å²) < 4.78 is 10.3. The summed E-state index contributed by atoms with van der Waals surface area (Å²) in [4.78, 5) is 23.5. The van der Waals surface area contributed by atoms with Crippen molar-refractivity contribution in [1.29, 1.82) is 5.26 Å². The first-order valence-electron chi connectivity index (χ1n) is 7.95. The molecule has 7 heteroatoms. The van der Waals surface area contributed by atoms with Crippen molar-refractivity contribution in [1.82, 2.24) is 10.9 Å². The SMILES string of the molecule is COc1ccc(CCC(=O)NNC(=O)COc2ccccc2C#N)cc1. The summed E-state index contributed by atoms with van der Waals surface area (Å²) in [6, 6.07) is 16.0. The van der Waals surface area contributed by atoms with Crippen LogP contribution in [-0.4, -0.2) is 25.5 Å². The van der Waals surface area contributed by atoms with Gasteiger partial charge in [0.25, 0.3) is 5.91 Å². The van der Waals surface area contributed by atoms with Crippen LogP contribution in [0.3, 0.4) is 0 Å². The Morgan fingerprint density at radius 2 is 1.73 bits per heavy atom. The van der Waals surface area contributed by atoms with Crippen molar-refractivity contribution >= 4 is 11.8 Å². The molecule has 0 fully saturated rings. The molecule has 7 nitrogen and oxygen atoms in total. The Labute approximate surface area is 151 Å². The molecular formula is C19H19N3O4. The number of nitriles is 1. The van der Waals surface area contributed by atoms with Gasteiger partial charge in [0, 0.05) is 6.42 Å². The molecule has 0 saturated carbocycles. The molecule has 0 aliphatic carbocycles. The fraction of sp³-hybridized carbons (Fsp3) is 0.211.